The minimum Gasteiger partial charge on any atom is -0.480 e. The number of likely N-dealkylation sites (tertiary alicyclic amines) is 1. The van der Waals surface area contributed by atoms with Crippen LogP contribution in [0.3, 0.4) is 0 Å². The molecule has 0 aliphatic carbocycles. The summed E-state index contributed by atoms with van der Waals surface area (Å²) in [6.45, 7) is 5.34. The van der Waals surface area contributed by atoms with Crippen LogP contribution in [0.4, 0.5) is 4.39 Å². The number of piperidine rings is 1. The predicted molar refractivity (Wildman–Crippen MR) is 112 cm³/mol. The van der Waals surface area contributed by atoms with Crippen molar-refractivity contribution in [2.75, 3.05) is 13.1 Å². The zero-order chi connectivity index (χ0) is 19.9. The van der Waals surface area contributed by atoms with Crippen LogP contribution in [0.15, 0.2) is 46.9 Å². The average Bonchev–Trinajstić information content (AvgIpc) is 2.70. The molecule has 1 saturated heterocycles. The van der Waals surface area contributed by atoms with Gasteiger partial charge in [-0.25, -0.2) is 4.39 Å². The number of hydrogen-bond donors (Lipinski definition) is 1. The highest BCUT2D eigenvalue weighted by molar-refractivity contribution is 9.10. The van der Waals surface area contributed by atoms with Crippen molar-refractivity contribution in [3.05, 3.63) is 63.9 Å². The first-order valence-corrected chi connectivity index (χ1v) is 10.5. The Balaban J connectivity index is 1.56. The molecule has 0 radical (unpaired) electrons. The third kappa shape index (κ3) is 5.79. The van der Waals surface area contributed by atoms with Crippen molar-refractivity contribution in [1.82, 2.24) is 10.2 Å². The Hall–Kier alpha value is -1.92. The van der Waals surface area contributed by atoms with Crippen LogP contribution in [0.5, 0.6) is 5.75 Å². The Bertz CT molecular complexity index is 809. The summed E-state index contributed by atoms with van der Waals surface area (Å²) in [5.74, 6) is -0.125. The molecule has 0 saturated carbocycles. The van der Waals surface area contributed by atoms with Crippen LogP contribution in [0.2, 0.25) is 0 Å². The van der Waals surface area contributed by atoms with E-state index in [1.165, 1.54) is 43.0 Å². The Labute approximate surface area is 174 Å². The molecule has 4 nitrogen and oxygen atoms in total. The van der Waals surface area contributed by atoms with Gasteiger partial charge in [0, 0.05) is 13.1 Å². The lowest BCUT2D eigenvalue weighted by Crippen LogP contribution is -2.36. The summed E-state index contributed by atoms with van der Waals surface area (Å²) in [5.41, 5.74) is 2.37. The second-order valence-corrected chi connectivity index (χ2v) is 8.01. The summed E-state index contributed by atoms with van der Waals surface area (Å²) in [6, 6.07) is 12.4. The maximum Gasteiger partial charge on any atom is 0.261 e. The van der Waals surface area contributed by atoms with Crippen LogP contribution in [0, 0.1) is 5.82 Å². The number of nitrogens with one attached hydrogen (secondary N) is 1. The SMILES string of the molecule is CC(Oc1ccc(F)cc1Br)C(=O)NCc1ccccc1CN1CCCCC1. The molecule has 150 valence electrons. The number of rotatable bonds is 7. The second kappa shape index (κ2) is 10.0. The van der Waals surface area contributed by atoms with Gasteiger partial charge in [0.15, 0.2) is 6.10 Å². The average molecular weight is 449 g/mol. The second-order valence-electron chi connectivity index (χ2n) is 7.16. The summed E-state index contributed by atoms with van der Waals surface area (Å²) in [4.78, 5) is 14.9. The molecule has 1 amide bonds. The molecule has 2 aromatic rings. The van der Waals surface area contributed by atoms with Crippen molar-refractivity contribution in [3.63, 3.8) is 0 Å². The summed E-state index contributed by atoms with van der Waals surface area (Å²) in [6.07, 6.45) is 3.14. The summed E-state index contributed by atoms with van der Waals surface area (Å²) < 4.78 is 19.3. The first kappa shape index (κ1) is 20.8. The van der Waals surface area contributed by atoms with E-state index in [1.54, 1.807) is 6.92 Å². The standard InChI is InChI=1S/C22H26BrFN2O2/c1-16(28-21-10-9-19(24)13-20(21)23)22(27)25-14-17-7-3-4-8-18(17)15-26-11-5-2-6-12-26/h3-4,7-10,13,16H,2,5-6,11-12,14-15H2,1H3,(H,25,27). The van der Waals surface area contributed by atoms with E-state index in [0.29, 0.717) is 16.8 Å². The van der Waals surface area contributed by atoms with Gasteiger partial charge in [0.05, 0.1) is 4.47 Å². The van der Waals surface area contributed by atoms with E-state index in [9.17, 15) is 9.18 Å². The van der Waals surface area contributed by atoms with Gasteiger partial charge in [-0.05, 0) is 78.1 Å². The van der Waals surface area contributed by atoms with E-state index >= 15 is 0 Å². The molecule has 1 heterocycles. The van der Waals surface area contributed by atoms with Crippen LogP contribution in [-0.2, 0) is 17.9 Å². The molecule has 6 heteroatoms. The van der Waals surface area contributed by atoms with E-state index in [0.717, 1.165) is 25.2 Å². The van der Waals surface area contributed by atoms with Crippen LogP contribution in [-0.4, -0.2) is 30.0 Å². The van der Waals surface area contributed by atoms with Gasteiger partial charge in [0.2, 0.25) is 0 Å². The number of amides is 1. The van der Waals surface area contributed by atoms with Crippen molar-refractivity contribution in [1.29, 1.82) is 0 Å². The van der Waals surface area contributed by atoms with Crippen LogP contribution >= 0.6 is 15.9 Å². The normalized spacial score (nSPS) is 15.8. The van der Waals surface area contributed by atoms with Crippen LogP contribution in [0.25, 0.3) is 0 Å². The topological polar surface area (TPSA) is 41.6 Å². The first-order chi connectivity index (χ1) is 13.5. The van der Waals surface area contributed by atoms with Gasteiger partial charge in [0.1, 0.15) is 11.6 Å². The molecule has 3 rings (SSSR count). The summed E-state index contributed by atoms with van der Waals surface area (Å²) in [5, 5.41) is 2.96. The van der Waals surface area contributed by atoms with Crippen molar-refractivity contribution in [2.24, 2.45) is 0 Å². The van der Waals surface area contributed by atoms with E-state index in [1.807, 2.05) is 12.1 Å². The van der Waals surface area contributed by atoms with E-state index < -0.39 is 6.10 Å². The van der Waals surface area contributed by atoms with Gasteiger partial charge in [-0.1, -0.05) is 30.7 Å². The Morgan fingerprint density at radius 1 is 1.18 bits per heavy atom. The number of benzene rings is 2. The molecule has 1 aliphatic heterocycles. The van der Waals surface area contributed by atoms with E-state index in [-0.39, 0.29) is 11.7 Å². The number of ether oxygens (including phenoxy) is 1. The third-order valence-corrected chi connectivity index (χ3v) is 5.60. The molecule has 0 aromatic heterocycles. The predicted octanol–water partition coefficient (Wildman–Crippen LogP) is 4.66. The molecule has 28 heavy (non-hydrogen) atoms. The highest BCUT2D eigenvalue weighted by Crippen LogP contribution is 2.26. The fraction of sp³-hybridized carbons (Fsp3) is 0.409. The summed E-state index contributed by atoms with van der Waals surface area (Å²) >= 11 is 3.26. The van der Waals surface area contributed by atoms with E-state index in [2.05, 4.69) is 38.3 Å². The summed E-state index contributed by atoms with van der Waals surface area (Å²) in [7, 11) is 0. The minimum atomic E-state index is -0.684. The van der Waals surface area contributed by atoms with Gasteiger partial charge in [-0.2, -0.15) is 0 Å². The highest BCUT2D eigenvalue weighted by atomic mass is 79.9. The monoisotopic (exact) mass is 448 g/mol. The molecule has 0 spiro atoms. The molecular weight excluding hydrogens is 423 g/mol. The lowest BCUT2D eigenvalue weighted by Gasteiger charge is -2.27. The van der Waals surface area contributed by atoms with Crippen LogP contribution < -0.4 is 10.1 Å². The fourth-order valence-corrected chi connectivity index (χ4v) is 3.83. The van der Waals surface area contributed by atoms with Gasteiger partial charge < -0.3 is 10.1 Å². The van der Waals surface area contributed by atoms with Gasteiger partial charge in [-0.15, -0.1) is 0 Å². The Kier molecular flexibility index (Phi) is 7.45. The number of hydrogen-bond acceptors (Lipinski definition) is 3. The lowest BCUT2D eigenvalue weighted by atomic mass is 10.0. The molecule has 1 atom stereocenters. The largest absolute Gasteiger partial charge is 0.480 e. The smallest absolute Gasteiger partial charge is 0.261 e. The number of carbonyl (C=O) groups excluding carboxylic acids is 1. The van der Waals surface area contributed by atoms with Crippen LogP contribution in [0.1, 0.15) is 37.3 Å². The molecule has 1 N–H and O–H groups in total. The molecule has 0 bridgehead atoms. The molecule has 1 fully saturated rings. The van der Waals surface area contributed by atoms with Crippen molar-refractivity contribution in [2.45, 2.75) is 45.4 Å². The molecule has 1 unspecified atom stereocenters. The maximum atomic E-state index is 13.2. The molecule has 1 aliphatic rings. The fourth-order valence-electron chi connectivity index (χ4n) is 3.38. The number of nitrogens with zero attached hydrogens (tertiary/aromatic N) is 1. The lowest BCUT2D eigenvalue weighted by molar-refractivity contribution is -0.127. The minimum absolute atomic E-state index is 0.205. The van der Waals surface area contributed by atoms with Crippen molar-refractivity contribution >= 4 is 21.8 Å². The quantitative estimate of drug-likeness (QED) is 0.669. The Morgan fingerprint density at radius 2 is 1.89 bits per heavy atom. The van der Waals surface area contributed by atoms with Crippen molar-refractivity contribution in [3.8, 4) is 5.75 Å². The molecular formula is C22H26BrFN2O2. The third-order valence-electron chi connectivity index (χ3n) is 4.98. The van der Waals surface area contributed by atoms with Gasteiger partial charge in [0.25, 0.3) is 5.91 Å². The van der Waals surface area contributed by atoms with E-state index in [4.69, 9.17) is 4.74 Å². The first-order valence-electron chi connectivity index (χ1n) is 9.71. The van der Waals surface area contributed by atoms with Crippen molar-refractivity contribution < 1.29 is 13.9 Å². The zero-order valence-corrected chi connectivity index (χ0v) is 17.7. The zero-order valence-electron chi connectivity index (χ0n) is 16.1. The molecule has 2 aromatic carbocycles. The van der Waals surface area contributed by atoms with Gasteiger partial charge >= 0.3 is 0 Å². The Morgan fingerprint density at radius 3 is 2.61 bits per heavy atom. The highest BCUT2D eigenvalue weighted by Gasteiger charge is 2.17. The maximum absolute atomic E-state index is 13.2. The number of carbonyl (C=O) groups is 1. The van der Waals surface area contributed by atoms with Gasteiger partial charge in [-0.3, -0.25) is 9.69 Å². The number of halogens is 2.